The van der Waals surface area contributed by atoms with Gasteiger partial charge in [-0.25, -0.2) is 0 Å². The molecule has 0 aliphatic rings. The van der Waals surface area contributed by atoms with E-state index in [-0.39, 0.29) is 0 Å². The molecule has 0 aliphatic carbocycles. The fraction of sp³-hybridized carbons (Fsp3) is 0. The van der Waals surface area contributed by atoms with Crippen LogP contribution in [-0.4, -0.2) is 17.9 Å². The van der Waals surface area contributed by atoms with Crippen molar-refractivity contribution in [3.05, 3.63) is 243 Å². The Hall–Kier alpha value is -9.64. The number of nitrogens with zero attached hydrogens (tertiary/aromatic N) is 4. The zero-order valence-electron chi connectivity index (χ0n) is 38.9. The van der Waals surface area contributed by atoms with E-state index >= 15 is 0 Å². The van der Waals surface area contributed by atoms with Crippen molar-refractivity contribution in [1.29, 1.82) is 0 Å². The van der Waals surface area contributed by atoms with Crippen LogP contribution in [0.3, 0.4) is 0 Å². The Morgan fingerprint density at radius 2 is 0.514 bits per heavy atom. The van der Waals surface area contributed by atoms with E-state index in [9.17, 15) is 0 Å². The highest BCUT2D eigenvalue weighted by Gasteiger charge is 2.28. The smallest absolute Gasteiger partial charge is 0.0785 e. The molecule has 0 spiro atoms. The molecule has 12 aromatic carbocycles. The van der Waals surface area contributed by atoms with E-state index < -0.39 is 0 Å². The van der Waals surface area contributed by atoms with Crippen LogP contribution in [0.5, 0.6) is 0 Å². The number of hydrogen-bond acceptors (Lipinski definition) is 0. The van der Waals surface area contributed by atoms with Crippen molar-refractivity contribution in [3.8, 4) is 33.6 Å². The second-order valence-corrected chi connectivity index (χ2v) is 19.6. The lowest BCUT2D eigenvalue weighted by Gasteiger charge is -2.16. The minimum Gasteiger partial charge on any atom is -0.309 e. The molecule has 0 unspecified atom stereocenters. The first-order valence-electron chi connectivity index (χ1n) is 24.9. The topological polar surface area (TPSA) is 18.7 Å². The zero-order chi connectivity index (χ0) is 46.8. The van der Waals surface area contributed by atoms with Crippen LogP contribution in [0.25, 0.3) is 153 Å². The molecule has 4 nitrogen and oxygen atoms in total. The van der Waals surface area contributed by atoms with Gasteiger partial charge in [-0.2, -0.15) is 0 Å². The molecule has 0 radical (unpaired) electrons. The van der Waals surface area contributed by atoms with Gasteiger partial charge in [0.2, 0.25) is 0 Å². The molecule has 0 aliphatic heterocycles. The van der Waals surface area contributed by atoms with Gasteiger partial charge in [-0.15, -0.1) is 0 Å². The lowest BCUT2D eigenvalue weighted by Crippen LogP contribution is -2.01. The highest BCUT2D eigenvalue weighted by Crippen LogP contribution is 2.49. The Kier molecular flexibility index (Phi) is 7.44. The van der Waals surface area contributed by atoms with Gasteiger partial charge in [0.1, 0.15) is 0 Å². The van der Waals surface area contributed by atoms with Crippen LogP contribution in [0.15, 0.2) is 243 Å². The summed E-state index contributed by atoms with van der Waals surface area (Å²) in [5.41, 5.74) is 19.0. The molecule has 5 aromatic heterocycles. The van der Waals surface area contributed by atoms with Crippen LogP contribution in [0, 0.1) is 0 Å². The minimum absolute atomic E-state index is 1.13. The first-order valence-corrected chi connectivity index (χ1v) is 24.9. The summed E-state index contributed by atoms with van der Waals surface area (Å²) in [7, 11) is 0. The van der Waals surface area contributed by atoms with Crippen LogP contribution < -0.4 is 0 Å². The van der Waals surface area contributed by atoms with Crippen molar-refractivity contribution in [1.82, 2.24) is 17.9 Å². The van der Waals surface area contributed by atoms with Crippen LogP contribution in [0.1, 0.15) is 0 Å². The van der Waals surface area contributed by atoms with Crippen LogP contribution >= 0.6 is 0 Å². The molecule has 0 atom stereocenters. The predicted octanol–water partition coefficient (Wildman–Crippen LogP) is 18.1. The Balaban J connectivity index is 1.17. The maximum absolute atomic E-state index is 2.63. The van der Waals surface area contributed by atoms with E-state index in [1.54, 1.807) is 0 Å². The molecule has 5 heterocycles. The molecule has 0 amide bonds. The molecule has 0 saturated heterocycles. The first-order chi connectivity index (χ1) is 35.8. The van der Waals surface area contributed by atoms with Crippen molar-refractivity contribution < 1.29 is 0 Å². The molecule has 17 aromatic rings. The molecule has 0 bridgehead atoms. The highest BCUT2D eigenvalue weighted by atomic mass is 15.0. The molecule has 72 heavy (non-hydrogen) atoms. The van der Waals surface area contributed by atoms with E-state index in [0.717, 1.165) is 22.4 Å². The van der Waals surface area contributed by atoms with Gasteiger partial charge in [-0.05, 0) is 104 Å². The standard InChI is InChI=1S/C68H40N4/c1-3-19-41(20-4-1)53-39-61-65(51-29-9-7-23-45(51)53)55-35-43(69-57-31-15-11-25-47(57)48-26-12-16-32-58(48)69)38-64-67(55)71(61)63-37-44(70-59-33-17-13-27-49(59)50-28-14-18-34-60(50)70)36-56-66-52-30-10-8-24-46(52)54(42-21-5-2-6-22-42)40-62(66)72(64)68(56)63/h1-40H. The number of benzene rings is 12. The van der Waals surface area contributed by atoms with Gasteiger partial charge in [-0.1, -0.05) is 182 Å². The normalized spacial score (nSPS) is 12.4. The lowest BCUT2D eigenvalue weighted by atomic mass is 9.94. The highest BCUT2D eigenvalue weighted by molar-refractivity contribution is 6.32. The fourth-order valence-electron chi connectivity index (χ4n) is 13.2. The average molecular weight is 913 g/mol. The molecular formula is C68H40N4. The van der Waals surface area contributed by atoms with Crippen LogP contribution in [-0.2, 0) is 0 Å². The maximum Gasteiger partial charge on any atom is 0.0785 e. The van der Waals surface area contributed by atoms with Gasteiger partial charge in [0.25, 0.3) is 0 Å². The summed E-state index contributed by atoms with van der Waals surface area (Å²) in [4.78, 5) is 0. The average Bonchev–Trinajstić information content (AvgIpc) is 4.18. The Morgan fingerprint density at radius 1 is 0.208 bits per heavy atom. The van der Waals surface area contributed by atoms with E-state index in [2.05, 4.69) is 261 Å². The second-order valence-electron chi connectivity index (χ2n) is 19.6. The molecule has 332 valence electrons. The molecule has 4 heteroatoms. The van der Waals surface area contributed by atoms with Crippen molar-refractivity contribution in [2.24, 2.45) is 0 Å². The van der Waals surface area contributed by atoms with Crippen molar-refractivity contribution >= 4 is 120 Å². The summed E-state index contributed by atoms with van der Waals surface area (Å²) in [6.45, 7) is 0. The quantitative estimate of drug-likeness (QED) is 0.157. The SMILES string of the molecule is c1ccc(-c2cc3c(c4ccccc24)c2cc(-n4c5ccccc5c5ccccc54)cc4c2n3c2cc(-n3c5ccccc5c5ccccc53)cc3c5c6ccccc6c(-c6ccccc6)cc5n4c32)cc1. The summed E-state index contributed by atoms with van der Waals surface area (Å²) < 4.78 is 10.3. The van der Waals surface area contributed by atoms with Crippen molar-refractivity contribution in [3.63, 3.8) is 0 Å². The summed E-state index contributed by atoms with van der Waals surface area (Å²) in [5.74, 6) is 0. The minimum atomic E-state index is 1.13. The van der Waals surface area contributed by atoms with E-state index in [4.69, 9.17) is 0 Å². The van der Waals surface area contributed by atoms with Gasteiger partial charge in [0, 0.05) is 54.5 Å². The third-order valence-electron chi connectivity index (χ3n) is 16.0. The number of para-hydroxylation sites is 4. The Labute approximate surface area is 412 Å². The second kappa shape index (κ2) is 14.0. The maximum atomic E-state index is 2.63. The molecular weight excluding hydrogens is 873 g/mol. The number of rotatable bonds is 4. The van der Waals surface area contributed by atoms with Crippen LogP contribution in [0.2, 0.25) is 0 Å². The van der Waals surface area contributed by atoms with Gasteiger partial charge in [-0.3, -0.25) is 0 Å². The third-order valence-corrected chi connectivity index (χ3v) is 16.0. The zero-order valence-corrected chi connectivity index (χ0v) is 38.9. The van der Waals surface area contributed by atoms with Crippen LogP contribution in [0.4, 0.5) is 0 Å². The molecule has 0 fully saturated rings. The van der Waals surface area contributed by atoms with E-state index in [0.29, 0.717) is 0 Å². The van der Waals surface area contributed by atoms with Gasteiger partial charge >= 0.3 is 0 Å². The van der Waals surface area contributed by atoms with E-state index in [1.807, 2.05) is 0 Å². The molecule has 0 N–H and O–H groups in total. The van der Waals surface area contributed by atoms with Gasteiger partial charge < -0.3 is 17.9 Å². The fourth-order valence-corrected chi connectivity index (χ4v) is 13.2. The summed E-state index contributed by atoms with van der Waals surface area (Å²) in [5, 5.41) is 14.9. The largest absolute Gasteiger partial charge is 0.309 e. The van der Waals surface area contributed by atoms with Crippen molar-refractivity contribution in [2.45, 2.75) is 0 Å². The molecule has 17 rings (SSSR count). The summed E-state index contributed by atoms with van der Waals surface area (Å²) in [6, 6.07) is 90.5. The van der Waals surface area contributed by atoms with E-state index in [1.165, 1.54) is 131 Å². The van der Waals surface area contributed by atoms with Crippen molar-refractivity contribution in [2.75, 3.05) is 0 Å². The summed E-state index contributed by atoms with van der Waals surface area (Å²) >= 11 is 0. The lowest BCUT2D eigenvalue weighted by molar-refractivity contribution is 1.17. The monoisotopic (exact) mass is 912 g/mol. The number of fused-ring (bicyclic) bond motifs is 18. The molecule has 0 saturated carbocycles. The number of aromatic nitrogens is 4. The Bertz CT molecular complexity index is 4710. The summed E-state index contributed by atoms with van der Waals surface area (Å²) in [6.07, 6.45) is 0. The first kappa shape index (κ1) is 38.2. The Morgan fingerprint density at radius 3 is 0.875 bits per heavy atom. The predicted molar refractivity (Wildman–Crippen MR) is 304 cm³/mol. The van der Waals surface area contributed by atoms with Gasteiger partial charge in [0.15, 0.2) is 0 Å². The third kappa shape index (κ3) is 4.90. The number of hydrogen-bond donors (Lipinski definition) is 0. The van der Waals surface area contributed by atoms with Gasteiger partial charge in [0.05, 0.1) is 55.2 Å².